The molecule has 0 bridgehead atoms. The number of nitrogens with zero attached hydrogens (tertiary/aromatic N) is 2. The van der Waals surface area contributed by atoms with Gasteiger partial charge in [0, 0.05) is 17.3 Å². The largest absolute Gasteiger partial charge is 0.494 e. The van der Waals surface area contributed by atoms with Crippen LogP contribution in [-0.4, -0.2) is 22.2 Å². The lowest BCUT2D eigenvalue weighted by Crippen LogP contribution is -1.97. The van der Waals surface area contributed by atoms with E-state index in [0.29, 0.717) is 12.2 Å². The average Bonchev–Trinajstić information content (AvgIpc) is 3.12. The van der Waals surface area contributed by atoms with E-state index in [0.717, 1.165) is 33.5 Å². The van der Waals surface area contributed by atoms with Crippen molar-refractivity contribution < 1.29 is 14.6 Å². The summed E-state index contributed by atoms with van der Waals surface area (Å²) in [6.07, 6.45) is 1.78. The van der Waals surface area contributed by atoms with Crippen molar-refractivity contribution in [1.29, 1.82) is 5.26 Å². The monoisotopic (exact) mass is 382 g/mol. The third-order valence-electron chi connectivity index (χ3n) is 4.82. The summed E-state index contributed by atoms with van der Waals surface area (Å²) in [5.74, 6) is -0.141. The first-order valence-electron chi connectivity index (χ1n) is 9.23. The molecule has 0 saturated carbocycles. The molecule has 0 fully saturated rings. The molecule has 0 aliphatic heterocycles. The molecule has 5 heteroatoms. The molecular formula is C24H18N2O3. The fourth-order valence-electron chi connectivity index (χ4n) is 3.39. The van der Waals surface area contributed by atoms with Crippen molar-refractivity contribution in [2.45, 2.75) is 6.92 Å². The molecule has 29 heavy (non-hydrogen) atoms. The van der Waals surface area contributed by atoms with Crippen molar-refractivity contribution in [3.8, 4) is 28.6 Å². The number of ether oxygens (including phenoxy) is 1. The Labute approximate surface area is 168 Å². The van der Waals surface area contributed by atoms with Crippen LogP contribution in [0.1, 0.15) is 22.8 Å². The number of fused-ring (bicyclic) bond motifs is 1. The first-order chi connectivity index (χ1) is 14.1. The van der Waals surface area contributed by atoms with Gasteiger partial charge in [-0.05, 0) is 66.6 Å². The zero-order valence-electron chi connectivity index (χ0n) is 15.8. The summed E-state index contributed by atoms with van der Waals surface area (Å²) in [4.78, 5) is 11.1. The van der Waals surface area contributed by atoms with Crippen LogP contribution >= 0.6 is 0 Å². The van der Waals surface area contributed by atoms with E-state index < -0.39 is 5.97 Å². The van der Waals surface area contributed by atoms with E-state index in [4.69, 9.17) is 9.84 Å². The van der Waals surface area contributed by atoms with E-state index in [-0.39, 0.29) is 5.56 Å². The lowest BCUT2D eigenvalue weighted by atomic mass is 10.0. The van der Waals surface area contributed by atoms with Crippen molar-refractivity contribution in [3.05, 3.63) is 84.1 Å². The van der Waals surface area contributed by atoms with Crippen LogP contribution in [0.3, 0.4) is 0 Å². The SMILES string of the molecule is CCOc1ccc(-c2ccc3c(c2)c(C#N)cn3-c2ccc(C(=O)O)cc2)cc1. The molecule has 4 aromatic rings. The summed E-state index contributed by atoms with van der Waals surface area (Å²) in [6, 6.07) is 22.7. The fraction of sp³-hybridized carbons (Fsp3) is 0.0833. The van der Waals surface area contributed by atoms with Gasteiger partial charge in [-0.25, -0.2) is 4.79 Å². The van der Waals surface area contributed by atoms with Gasteiger partial charge in [0.25, 0.3) is 0 Å². The van der Waals surface area contributed by atoms with Crippen LogP contribution in [0.5, 0.6) is 5.75 Å². The maximum absolute atomic E-state index is 11.1. The molecule has 142 valence electrons. The van der Waals surface area contributed by atoms with Gasteiger partial charge in [0.05, 0.1) is 23.3 Å². The van der Waals surface area contributed by atoms with Crippen molar-refractivity contribution in [2.24, 2.45) is 0 Å². The van der Waals surface area contributed by atoms with Gasteiger partial charge in [0.2, 0.25) is 0 Å². The minimum atomic E-state index is -0.966. The predicted octanol–water partition coefficient (Wildman–Crippen LogP) is 5.27. The summed E-state index contributed by atoms with van der Waals surface area (Å²) >= 11 is 0. The predicted molar refractivity (Wildman–Crippen MR) is 112 cm³/mol. The number of rotatable bonds is 5. The quantitative estimate of drug-likeness (QED) is 0.510. The van der Waals surface area contributed by atoms with Gasteiger partial charge in [-0.2, -0.15) is 5.26 Å². The topological polar surface area (TPSA) is 75.2 Å². The smallest absolute Gasteiger partial charge is 0.335 e. The van der Waals surface area contributed by atoms with Crippen LogP contribution in [0.4, 0.5) is 0 Å². The number of carboxylic acid groups (broad SMARTS) is 1. The maximum Gasteiger partial charge on any atom is 0.335 e. The highest BCUT2D eigenvalue weighted by molar-refractivity contribution is 5.92. The molecule has 0 spiro atoms. The number of aromatic nitrogens is 1. The van der Waals surface area contributed by atoms with Crippen molar-refractivity contribution in [1.82, 2.24) is 4.57 Å². The number of hydrogen-bond acceptors (Lipinski definition) is 3. The summed E-state index contributed by atoms with van der Waals surface area (Å²) in [7, 11) is 0. The highest BCUT2D eigenvalue weighted by Crippen LogP contribution is 2.30. The summed E-state index contributed by atoms with van der Waals surface area (Å²) in [5, 5.41) is 19.5. The molecule has 0 amide bonds. The highest BCUT2D eigenvalue weighted by Gasteiger charge is 2.12. The molecule has 1 heterocycles. The van der Waals surface area contributed by atoms with Crippen LogP contribution in [0, 0.1) is 11.3 Å². The molecule has 0 aliphatic rings. The third kappa shape index (κ3) is 3.44. The van der Waals surface area contributed by atoms with Crippen LogP contribution in [-0.2, 0) is 0 Å². The summed E-state index contributed by atoms with van der Waals surface area (Å²) in [5.41, 5.74) is 4.53. The summed E-state index contributed by atoms with van der Waals surface area (Å²) in [6.45, 7) is 2.57. The normalized spacial score (nSPS) is 10.6. The van der Waals surface area contributed by atoms with Crippen LogP contribution in [0.25, 0.3) is 27.7 Å². The molecule has 0 saturated heterocycles. The molecule has 5 nitrogen and oxygen atoms in total. The minimum Gasteiger partial charge on any atom is -0.494 e. The number of aromatic carboxylic acids is 1. The van der Waals surface area contributed by atoms with Gasteiger partial charge >= 0.3 is 5.97 Å². The van der Waals surface area contributed by atoms with Gasteiger partial charge in [-0.15, -0.1) is 0 Å². The van der Waals surface area contributed by atoms with E-state index in [9.17, 15) is 10.1 Å². The molecule has 0 unspecified atom stereocenters. The number of carbonyl (C=O) groups is 1. The first-order valence-corrected chi connectivity index (χ1v) is 9.23. The third-order valence-corrected chi connectivity index (χ3v) is 4.82. The molecule has 0 atom stereocenters. The Hall–Kier alpha value is -4.04. The second kappa shape index (κ2) is 7.53. The standard InChI is InChI=1S/C24H18N2O3/c1-2-29-21-10-5-16(6-11-21)18-7-12-23-22(13-18)19(14-25)15-26(23)20-8-3-17(4-9-20)24(27)28/h3-13,15H,2H2,1H3,(H,27,28). The Morgan fingerprint density at radius 1 is 1.03 bits per heavy atom. The van der Waals surface area contributed by atoms with E-state index >= 15 is 0 Å². The Kier molecular flexibility index (Phi) is 4.76. The van der Waals surface area contributed by atoms with E-state index in [1.807, 2.05) is 54.0 Å². The van der Waals surface area contributed by atoms with Gasteiger partial charge < -0.3 is 14.4 Å². The van der Waals surface area contributed by atoms with Crippen LogP contribution in [0.2, 0.25) is 0 Å². The number of hydrogen-bond donors (Lipinski definition) is 1. The zero-order chi connectivity index (χ0) is 20.4. The van der Waals surface area contributed by atoms with Crippen molar-refractivity contribution in [3.63, 3.8) is 0 Å². The molecule has 1 aromatic heterocycles. The molecule has 0 aliphatic carbocycles. The lowest BCUT2D eigenvalue weighted by molar-refractivity contribution is 0.0697. The second-order valence-electron chi connectivity index (χ2n) is 6.57. The fourth-order valence-corrected chi connectivity index (χ4v) is 3.39. The van der Waals surface area contributed by atoms with E-state index in [2.05, 4.69) is 6.07 Å². The van der Waals surface area contributed by atoms with Gasteiger partial charge in [0.15, 0.2) is 0 Å². The molecule has 4 rings (SSSR count). The average molecular weight is 382 g/mol. The number of nitriles is 1. The molecule has 3 aromatic carbocycles. The van der Waals surface area contributed by atoms with Crippen LogP contribution in [0.15, 0.2) is 72.9 Å². The van der Waals surface area contributed by atoms with Gasteiger partial charge in [-0.1, -0.05) is 18.2 Å². The minimum absolute atomic E-state index is 0.225. The summed E-state index contributed by atoms with van der Waals surface area (Å²) < 4.78 is 7.40. The Morgan fingerprint density at radius 3 is 2.34 bits per heavy atom. The van der Waals surface area contributed by atoms with Crippen LogP contribution < -0.4 is 4.74 Å². The van der Waals surface area contributed by atoms with Gasteiger partial charge in [0.1, 0.15) is 11.8 Å². The lowest BCUT2D eigenvalue weighted by Gasteiger charge is -2.08. The maximum atomic E-state index is 11.1. The van der Waals surface area contributed by atoms with Crippen molar-refractivity contribution in [2.75, 3.05) is 6.61 Å². The van der Waals surface area contributed by atoms with Gasteiger partial charge in [-0.3, -0.25) is 0 Å². The van der Waals surface area contributed by atoms with E-state index in [1.54, 1.807) is 30.5 Å². The zero-order valence-corrected chi connectivity index (χ0v) is 15.8. The second-order valence-corrected chi connectivity index (χ2v) is 6.57. The first kappa shape index (κ1) is 18.3. The molecular weight excluding hydrogens is 364 g/mol. The Balaban J connectivity index is 1.78. The Morgan fingerprint density at radius 2 is 1.72 bits per heavy atom. The number of carboxylic acids is 1. The van der Waals surface area contributed by atoms with Crippen molar-refractivity contribution >= 4 is 16.9 Å². The molecule has 1 N–H and O–H groups in total. The number of benzene rings is 3. The molecule has 0 radical (unpaired) electrons. The Bertz CT molecular complexity index is 1230. The highest BCUT2D eigenvalue weighted by atomic mass is 16.5. The van der Waals surface area contributed by atoms with E-state index in [1.165, 1.54) is 0 Å².